The van der Waals surface area contributed by atoms with Crippen LogP contribution in [0.1, 0.15) is 18.3 Å². The van der Waals surface area contributed by atoms with E-state index < -0.39 is 0 Å². The first kappa shape index (κ1) is 22.0. The Hall–Kier alpha value is -3.17. The first-order valence-electron chi connectivity index (χ1n) is 10.0. The van der Waals surface area contributed by atoms with E-state index in [4.69, 9.17) is 11.6 Å². The number of fused-ring (bicyclic) bond motifs is 1. The summed E-state index contributed by atoms with van der Waals surface area (Å²) in [4.78, 5) is 34.1. The second kappa shape index (κ2) is 9.54. The van der Waals surface area contributed by atoms with E-state index in [0.29, 0.717) is 33.5 Å². The minimum atomic E-state index is -0.215. The van der Waals surface area contributed by atoms with E-state index in [0.717, 1.165) is 11.3 Å². The number of rotatable bonds is 7. The maximum Gasteiger partial charge on any atom is 0.258 e. The van der Waals surface area contributed by atoms with E-state index in [1.807, 2.05) is 38.1 Å². The summed E-state index contributed by atoms with van der Waals surface area (Å²) >= 11 is 7.53. The topological polar surface area (TPSA) is 96.8 Å². The molecule has 0 saturated carbocycles. The smallest absolute Gasteiger partial charge is 0.258 e. The Bertz CT molecular complexity index is 1340. The molecule has 1 N–H and O–H groups in total. The van der Waals surface area contributed by atoms with Crippen molar-refractivity contribution in [3.8, 4) is 5.69 Å². The van der Waals surface area contributed by atoms with Crippen molar-refractivity contribution in [3.63, 3.8) is 0 Å². The number of carbonyl (C=O) groups is 1. The highest BCUT2D eigenvalue weighted by molar-refractivity contribution is 7.99. The fourth-order valence-corrected chi connectivity index (χ4v) is 4.22. The molecule has 0 aliphatic heterocycles. The lowest BCUT2D eigenvalue weighted by molar-refractivity contribution is -0.128. The van der Waals surface area contributed by atoms with Crippen molar-refractivity contribution in [1.29, 1.82) is 0 Å². The Balaban J connectivity index is 1.46. The molecule has 1 amide bonds. The minimum absolute atomic E-state index is 0.0928. The fraction of sp³-hybridized carbons (Fsp3) is 0.227. The Kier molecular flexibility index (Phi) is 6.57. The zero-order valence-electron chi connectivity index (χ0n) is 17.6. The maximum atomic E-state index is 12.9. The van der Waals surface area contributed by atoms with E-state index >= 15 is 0 Å². The van der Waals surface area contributed by atoms with Gasteiger partial charge in [0.2, 0.25) is 5.91 Å². The van der Waals surface area contributed by atoms with Crippen LogP contribution in [0.25, 0.3) is 16.6 Å². The van der Waals surface area contributed by atoms with E-state index in [-0.39, 0.29) is 23.8 Å². The number of benzene rings is 2. The molecular weight excluding hydrogens is 448 g/mol. The highest BCUT2D eigenvalue weighted by Gasteiger charge is 2.17. The van der Waals surface area contributed by atoms with Crippen molar-refractivity contribution in [2.75, 3.05) is 12.3 Å². The molecule has 4 rings (SSSR count). The lowest BCUT2D eigenvalue weighted by atomic mass is 10.2. The van der Waals surface area contributed by atoms with Gasteiger partial charge in [0.1, 0.15) is 12.2 Å². The van der Waals surface area contributed by atoms with Crippen molar-refractivity contribution in [3.05, 3.63) is 75.6 Å². The van der Waals surface area contributed by atoms with Crippen LogP contribution in [0.5, 0.6) is 0 Å². The van der Waals surface area contributed by atoms with E-state index in [2.05, 4.69) is 20.2 Å². The standard InChI is InChI=1S/C22H21ClN6O2S/c1-3-28(11-19-25-18-7-5-4-6-16(18)21(31)26-19)20(30)12-32-22-27-24-13-29(22)15-9-8-14(2)17(23)10-15/h4-10,13H,3,11-12H2,1-2H3,(H,25,26,31). The summed E-state index contributed by atoms with van der Waals surface area (Å²) in [6.45, 7) is 4.52. The molecule has 0 saturated heterocycles. The summed E-state index contributed by atoms with van der Waals surface area (Å²) in [5, 5.41) is 9.87. The molecule has 2 aromatic heterocycles. The third-order valence-corrected chi connectivity index (χ3v) is 6.35. The van der Waals surface area contributed by atoms with E-state index in [1.54, 1.807) is 34.0 Å². The first-order valence-corrected chi connectivity index (χ1v) is 11.4. The van der Waals surface area contributed by atoms with Crippen LogP contribution in [0.4, 0.5) is 0 Å². The number of hydrogen-bond donors (Lipinski definition) is 1. The molecule has 0 aliphatic rings. The van der Waals surface area contributed by atoms with Crippen LogP contribution in [-0.2, 0) is 11.3 Å². The molecular formula is C22H21ClN6O2S. The highest BCUT2D eigenvalue weighted by Crippen LogP contribution is 2.24. The van der Waals surface area contributed by atoms with Gasteiger partial charge in [-0.05, 0) is 43.7 Å². The minimum Gasteiger partial charge on any atom is -0.335 e. The number of aromatic nitrogens is 5. The summed E-state index contributed by atoms with van der Waals surface area (Å²) in [7, 11) is 0. The third-order valence-electron chi connectivity index (χ3n) is 5.01. The molecule has 0 atom stereocenters. The van der Waals surface area contributed by atoms with Crippen molar-refractivity contribution in [1.82, 2.24) is 29.6 Å². The van der Waals surface area contributed by atoms with Gasteiger partial charge in [-0.3, -0.25) is 14.2 Å². The summed E-state index contributed by atoms with van der Waals surface area (Å²) in [5.74, 6) is 0.528. The van der Waals surface area contributed by atoms with E-state index in [9.17, 15) is 9.59 Å². The summed E-state index contributed by atoms with van der Waals surface area (Å²) in [6.07, 6.45) is 1.59. The Labute approximate surface area is 193 Å². The van der Waals surface area contributed by atoms with Gasteiger partial charge in [0.25, 0.3) is 5.56 Å². The number of aromatic amines is 1. The number of nitrogens with one attached hydrogen (secondary N) is 1. The van der Waals surface area contributed by atoms with Crippen LogP contribution >= 0.6 is 23.4 Å². The van der Waals surface area contributed by atoms with Gasteiger partial charge in [0, 0.05) is 11.6 Å². The predicted molar refractivity (Wildman–Crippen MR) is 125 cm³/mol. The number of hydrogen-bond acceptors (Lipinski definition) is 6. The lowest BCUT2D eigenvalue weighted by Crippen LogP contribution is -2.33. The number of aryl methyl sites for hydroxylation is 1. The van der Waals surface area contributed by atoms with Gasteiger partial charge in [-0.2, -0.15) is 0 Å². The van der Waals surface area contributed by atoms with Crippen molar-refractivity contribution in [2.45, 2.75) is 25.5 Å². The van der Waals surface area contributed by atoms with Gasteiger partial charge in [0.15, 0.2) is 5.16 Å². The third kappa shape index (κ3) is 4.68. The summed E-state index contributed by atoms with van der Waals surface area (Å²) in [5.41, 5.74) is 2.19. The molecule has 0 bridgehead atoms. The summed E-state index contributed by atoms with van der Waals surface area (Å²) < 4.78 is 1.79. The van der Waals surface area contributed by atoms with Crippen LogP contribution in [0, 0.1) is 6.92 Å². The van der Waals surface area contributed by atoms with Gasteiger partial charge in [-0.1, -0.05) is 41.6 Å². The molecule has 4 aromatic rings. The molecule has 2 aromatic carbocycles. The monoisotopic (exact) mass is 468 g/mol. The zero-order valence-corrected chi connectivity index (χ0v) is 19.2. The van der Waals surface area contributed by atoms with Crippen molar-refractivity contribution >= 4 is 40.2 Å². The molecule has 10 heteroatoms. The largest absolute Gasteiger partial charge is 0.335 e. The number of thioether (sulfide) groups is 1. The van der Waals surface area contributed by atoms with Gasteiger partial charge in [-0.25, -0.2) is 4.98 Å². The van der Waals surface area contributed by atoms with Crippen LogP contribution < -0.4 is 5.56 Å². The zero-order chi connectivity index (χ0) is 22.7. The second-order valence-corrected chi connectivity index (χ2v) is 8.49. The Morgan fingerprint density at radius 3 is 2.84 bits per heavy atom. The number of para-hydroxylation sites is 1. The van der Waals surface area contributed by atoms with Gasteiger partial charge < -0.3 is 9.88 Å². The first-order chi connectivity index (χ1) is 15.5. The number of carbonyl (C=O) groups excluding carboxylic acids is 1. The van der Waals surface area contributed by atoms with E-state index in [1.165, 1.54) is 11.8 Å². The average molecular weight is 469 g/mol. The SMILES string of the molecule is CCN(Cc1nc2ccccc2c(=O)[nH]1)C(=O)CSc1nncn1-c1ccc(C)c(Cl)c1. The molecule has 164 valence electrons. The highest BCUT2D eigenvalue weighted by atomic mass is 35.5. The average Bonchev–Trinajstić information content (AvgIpc) is 3.26. The number of H-pyrrole nitrogens is 1. The van der Waals surface area contributed by atoms with Crippen LogP contribution in [0.2, 0.25) is 5.02 Å². The van der Waals surface area contributed by atoms with Crippen LogP contribution in [0.3, 0.4) is 0 Å². The van der Waals surface area contributed by atoms with Crippen molar-refractivity contribution in [2.24, 2.45) is 0 Å². The molecule has 0 unspecified atom stereocenters. The number of halogens is 1. The van der Waals surface area contributed by atoms with Gasteiger partial charge in [-0.15, -0.1) is 10.2 Å². The maximum absolute atomic E-state index is 12.9. The fourth-order valence-electron chi connectivity index (χ4n) is 3.22. The molecule has 8 nitrogen and oxygen atoms in total. The van der Waals surface area contributed by atoms with Gasteiger partial charge in [0.05, 0.1) is 28.9 Å². The quantitative estimate of drug-likeness (QED) is 0.416. The predicted octanol–water partition coefficient (Wildman–Crippen LogP) is 3.61. The Morgan fingerprint density at radius 1 is 1.25 bits per heavy atom. The lowest BCUT2D eigenvalue weighted by Gasteiger charge is -2.20. The summed E-state index contributed by atoms with van der Waals surface area (Å²) in [6, 6.07) is 12.8. The normalized spacial score (nSPS) is 11.1. The Morgan fingerprint density at radius 2 is 2.06 bits per heavy atom. The second-order valence-electron chi connectivity index (χ2n) is 7.14. The van der Waals surface area contributed by atoms with Crippen LogP contribution in [-0.4, -0.2) is 47.8 Å². The van der Waals surface area contributed by atoms with Crippen LogP contribution in [0.15, 0.2) is 58.7 Å². The molecule has 0 aliphatic carbocycles. The molecule has 2 heterocycles. The number of amides is 1. The molecule has 0 spiro atoms. The molecule has 0 fully saturated rings. The molecule has 0 radical (unpaired) electrons. The number of nitrogens with zero attached hydrogens (tertiary/aromatic N) is 5. The van der Waals surface area contributed by atoms with Gasteiger partial charge >= 0.3 is 0 Å². The van der Waals surface area contributed by atoms with Crippen molar-refractivity contribution < 1.29 is 4.79 Å². The molecule has 32 heavy (non-hydrogen) atoms.